The molecule has 1 saturated heterocycles. The number of rotatable bonds is 6. The van der Waals surface area contributed by atoms with Gasteiger partial charge in [-0.15, -0.1) is 0 Å². The lowest BCUT2D eigenvalue weighted by Crippen LogP contribution is -2.46. The minimum absolute atomic E-state index is 0.0157. The lowest BCUT2D eigenvalue weighted by Gasteiger charge is -2.28. The molecular weight excluding hydrogens is 286 g/mol. The second-order valence-corrected chi connectivity index (χ2v) is 5.38. The highest BCUT2D eigenvalue weighted by Gasteiger charge is 2.45. The standard InChI is InChI=1S/C16H19NO5/c1-3-11(12-7-5-4-6-8-12)9-13(14(18)19)17-10(2)15(20)22-16(17)21/h4-8,10-11,13H,3,9H2,1-2H3,(H,18,19)/t10-,11?,13?/m0/s1. The van der Waals surface area contributed by atoms with E-state index in [1.54, 1.807) is 0 Å². The van der Waals surface area contributed by atoms with E-state index < -0.39 is 30.1 Å². The summed E-state index contributed by atoms with van der Waals surface area (Å²) < 4.78 is 4.52. The second kappa shape index (κ2) is 6.60. The van der Waals surface area contributed by atoms with E-state index in [2.05, 4.69) is 4.74 Å². The first-order chi connectivity index (χ1) is 10.5. The number of amides is 1. The highest BCUT2D eigenvalue weighted by Crippen LogP contribution is 2.29. The SMILES string of the molecule is CCC(CC(C(=O)O)N1C(=O)OC(=O)[C@@H]1C)c1ccccc1. The van der Waals surface area contributed by atoms with Crippen LogP contribution in [0.1, 0.15) is 38.2 Å². The van der Waals surface area contributed by atoms with Crippen molar-refractivity contribution in [1.29, 1.82) is 0 Å². The van der Waals surface area contributed by atoms with Crippen molar-refractivity contribution in [2.24, 2.45) is 0 Å². The van der Waals surface area contributed by atoms with E-state index in [-0.39, 0.29) is 12.3 Å². The highest BCUT2D eigenvalue weighted by molar-refractivity contribution is 5.97. The van der Waals surface area contributed by atoms with E-state index in [1.165, 1.54) is 6.92 Å². The Labute approximate surface area is 128 Å². The van der Waals surface area contributed by atoms with Crippen molar-refractivity contribution in [2.75, 3.05) is 0 Å². The molecule has 118 valence electrons. The van der Waals surface area contributed by atoms with Gasteiger partial charge in [0, 0.05) is 0 Å². The fraction of sp³-hybridized carbons (Fsp3) is 0.438. The topological polar surface area (TPSA) is 83.9 Å². The number of carboxylic acid groups (broad SMARTS) is 1. The lowest BCUT2D eigenvalue weighted by atomic mass is 9.89. The van der Waals surface area contributed by atoms with Crippen molar-refractivity contribution in [3.8, 4) is 0 Å². The zero-order valence-corrected chi connectivity index (χ0v) is 12.6. The van der Waals surface area contributed by atoms with Crippen LogP contribution in [0.15, 0.2) is 30.3 Å². The van der Waals surface area contributed by atoms with Gasteiger partial charge < -0.3 is 9.84 Å². The van der Waals surface area contributed by atoms with Gasteiger partial charge in [-0.25, -0.2) is 14.4 Å². The van der Waals surface area contributed by atoms with Gasteiger partial charge in [-0.1, -0.05) is 37.3 Å². The third-order valence-electron chi connectivity index (χ3n) is 4.05. The monoisotopic (exact) mass is 305 g/mol. The van der Waals surface area contributed by atoms with Crippen molar-refractivity contribution >= 4 is 18.0 Å². The van der Waals surface area contributed by atoms with E-state index in [0.29, 0.717) is 0 Å². The number of carbonyl (C=O) groups is 3. The summed E-state index contributed by atoms with van der Waals surface area (Å²) in [4.78, 5) is 35.9. The Morgan fingerprint density at radius 3 is 2.41 bits per heavy atom. The van der Waals surface area contributed by atoms with E-state index >= 15 is 0 Å². The number of ether oxygens (including phenoxy) is 1. The summed E-state index contributed by atoms with van der Waals surface area (Å²) in [5, 5.41) is 9.49. The smallest absolute Gasteiger partial charge is 0.419 e. The summed E-state index contributed by atoms with van der Waals surface area (Å²) in [6.07, 6.45) is 0.0921. The molecule has 3 atom stereocenters. The van der Waals surface area contributed by atoms with Crippen molar-refractivity contribution in [3.05, 3.63) is 35.9 Å². The number of benzene rings is 1. The Kier molecular flexibility index (Phi) is 4.80. The molecule has 2 unspecified atom stereocenters. The van der Waals surface area contributed by atoms with Crippen LogP contribution in [0.2, 0.25) is 0 Å². The van der Waals surface area contributed by atoms with Gasteiger partial charge in [0.1, 0.15) is 12.1 Å². The van der Waals surface area contributed by atoms with Crippen molar-refractivity contribution in [1.82, 2.24) is 4.90 Å². The van der Waals surface area contributed by atoms with Gasteiger partial charge in [-0.2, -0.15) is 0 Å². The molecule has 0 bridgehead atoms. The van der Waals surface area contributed by atoms with E-state index in [0.717, 1.165) is 16.9 Å². The summed E-state index contributed by atoms with van der Waals surface area (Å²) >= 11 is 0. The number of carboxylic acids is 1. The van der Waals surface area contributed by atoms with Gasteiger partial charge in [-0.3, -0.25) is 4.90 Å². The van der Waals surface area contributed by atoms with Gasteiger partial charge in [-0.05, 0) is 31.2 Å². The van der Waals surface area contributed by atoms with Crippen LogP contribution in [0.4, 0.5) is 4.79 Å². The van der Waals surface area contributed by atoms with Gasteiger partial charge >= 0.3 is 18.0 Å². The Morgan fingerprint density at radius 1 is 1.32 bits per heavy atom. The molecule has 0 saturated carbocycles. The van der Waals surface area contributed by atoms with Crippen LogP contribution in [0, 0.1) is 0 Å². The number of esters is 1. The van der Waals surface area contributed by atoms with Crippen LogP contribution >= 0.6 is 0 Å². The molecule has 1 amide bonds. The predicted octanol–water partition coefficient (Wildman–Crippen LogP) is 2.39. The first kappa shape index (κ1) is 16.0. The molecular formula is C16H19NO5. The molecule has 6 nitrogen and oxygen atoms in total. The predicted molar refractivity (Wildman–Crippen MR) is 78.3 cm³/mol. The van der Waals surface area contributed by atoms with Crippen molar-refractivity contribution in [3.63, 3.8) is 0 Å². The molecule has 6 heteroatoms. The first-order valence-corrected chi connectivity index (χ1v) is 7.27. The number of hydrogen-bond acceptors (Lipinski definition) is 4. The van der Waals surface area contributed by atoms with Gasteiger partial charge in [0.25, 0.3) is 0 Å². The summed E-state index contributed by atoms with van der Waals surface area (Å²) in [7, 11) is 0. The normalized spacial score (nSPS) is 20.6. The molecule has 1 aromatic rings. The van der Waals surface area contributed by atoms with Gasteiger partial charge in [0.05, 0.1) is 0 Å². The van der Waals surface area contributed by atoms with E-state index in [1.807, 2.05) is 37.3 Å². The molecule has 0 aromatic heterocycles. The Bertz CT molecular complexity index is 571. The van der Waals surface area contributed by atoms with Crippen LogP contribution in [-0.2, 0) is 14.3 Å². The van der Waals surface area contributed by atoms with Crippen molar-refractivity contribution < 1.29 is 24.2 Å². The quantitative estimate of drug-likeness (QED) is 0.644. The molecule has 1 aromatic carbocycles. The van der Waals surface area contributed by atoms with Crippen LogP contribution in [0.5, 0.6) is 0 Å². The van der Waals surface area contributed by atoms with Crippen LogP contribution in [0.25, 0.3) is 0 Å². The van der Waals surface area contributed by atoms with E-state index in [4.69, 9.17) is 0 Å². The molecule has 1 aliphatic rings. The molecule has 1 heterocycles. The van der Waals surface area contributed by atoms with Crippen LogP contribution < -0.4 is 0 Å². The molecule has 2 rings (SSSR count). The minimum Gasteiger partial charge on any atom is -0.480 e. The van der Waals surface area contributed by atoms with E-state index in [9.17, 15) is 19.5 Å². The van der Waals surface area contributed by atoms with Crippen LogP contribution in [-0.4, -0.2) is 40.1 Å². The minimum atomic E-state index is -1.13. The third-order valence-corrected chi connectivity index (χ3v) is 4.05. The molecule has 1 N–H and O–H groups in total. The summed E-state index contributed by atoms with van der Waals surface area (Å²) in [5.74, 6) is -1.85. The first-order valence-electron chi connectivity index (χ1n) is 7.27. The fourth-order valence-corrected chi connectivity index (χ4v) is 2.76. The zero-order valence-electron chi connectivity index (χ0n) is 12.6. The molecule has 0 radical (unpaired) electrons. The molecule has 1 aliphatic heterocycles. The Balaban J connectivity index is 2.23. The summed E-state index contributed by atoms with van der Waals surface area (Å²) in [6, 6.07) is 7.59. The Hall–Kier alpha value is -2.37. The Morgan fingerprint density at radius 2 is 1.95 bits per heavy atom. The third kappa shape index (κ3) is 3.10. The van der Waals surface area contributed by atoms with Gasteiger partial charge in [0.2, 0.25) is 0 Å². The van der Waals surface area contributed by atoms with Crippen LogP contribution in [0.3, 0.4) is 0 Å². The average molecular weight is 305 g/mol. The maximum absolute atomic E-state index is 11.8. The largest absolute Gasteiger partial charge is 0.480 e. The second-order valence-electron chi connectivity index (χ2n) is 5.38. The van der Waals surface area contributed by atoms with Gasteiger partial charge in [0.15, 0.2) is 0 Å². The average Bonchev–Trinajstić information content (AvgIpc) is 2.75. The summed E-state index contributed by atoms with van der Waals surface area (Å²) in [6.45, 7) is 3.44. The number of cyclic esters (lactones) is 2. The lowest BCUT2D eigenvalue weighted by molar-refractivity contribution is -0.143. The van der Waals surface area contributed by atoms with Crippen molar-refractivity contribution in [2.45, 2.75) is 44.7 Å². The maximum atomic E-state index is 11.8. The zero-order chi connectivity index (χ0) is 16.3. The summed E-state index contributed by atoms with van der Waals surface area (Å²) in [5.41, 5.74) is 1.02. The molecule has 22 heavy (non-hydrogen) atoms. The number of aliphatic carboxylic acids is 1. The number of hydrogen-bond donors (Lipinski definition) is 1. The maximum Gasteiger partial charge on any atom is 0.419 e. The molecule has 0 spiro atoms. The fourth-order valence-electron chi connectivity index (χ4n) is 2.76. The molecule has 0 aliphatic carbocycles. The number of carbonyl (C=O) groups excluding carboxylic acids is 2. The molecule has 1 fully saturated rings. The highest BCUT2D eigenvalue weighted by atomic mass is 16.6. The number of nitrogens with zero attached hydrogens (tertiary/aromatic N) is 1.